The molecule has 1 unspecified atom stereocenters. The highest BCUT2D eigenvalue weighted by atomic mass is 16.3. The number of aliphatic hydroxyl groups excluding tert-OH is 1. The van der Waals surface area contributed by atoms with Gasteiger partial charge in [-0.25, -0.2) is 0 Å². The molecule has 0 spiro atoms. The first-order valence-corrected chi connectivity index (χ1v) is 11.4. The zero-order valence-electron chi connectivity index (χ0n) is 16.6. The molecular weight excluding hydrogens is 292 g/mol. The molecule has 0 aromatic carbocycles. The lowest BCUT2D eigenvalue weighted by atomic mass is 9.77. The standard InChI is InChI=1S/C23H44O/c1-3-9-20(18-21-10-6-5-7-11-21)12-8-13-23(24)22-16-14-19(4-2)15-17-22/h19-24H,3-18H2,1-2H3/t19-,20?,22+,23-/m0/s1. The Labute approximate surface area is 152 Å². The zero-order chi connectivity index (χ0) is 17.2. The molecule has 2 saturated carbocycles. The summed E-state index contributed by atoms with van der Waals surface area (Å²) in [7, 11) is 0. The molecule has 0 aliphatic heterocycles. The summed E-state index contributed by atoms with van der Waals surface area (Å²) in [4.78, 5) is 0. The highest BCUT2D eigenvalue weighted by Gasteiger charge is 2.26. The molecule has 1 nitrogen and oxygen atoms in total. The maximum Gasteiger partial charge on any atom is 0.0568 e. The van der Waals surface area contributed by atoms with Crippen molar-refractivity contribution >= 4 is 0 Å². The van der Waals surface area contributed by atoms with Gasteiger partial charge in [-0.2, -0.15) is 0 Å². The fraction of sp³-hybridized carbons (Fsp3) is 1.00. The van der Waals surface area contributed by atoms with Crippen LogP contribution in [0.4, 0.5) is 0 Å². The summed E-state index contributed by atoms with van der Waals surface area (Å²) in [6.45, 7) is 4.66. The van der Waals surface area contributed by atoms with Crippen LogP contribution >= 0.6 is 0 Å². The molecule has 0 heterocycles. The van der Waals surface area contributed by atoms with Crippen LogP contribution in [-0.2, 0) is 0 Å². The van der Waals surface area contributed by atoms with Crippen LogP contribution in [0.15, 0.2) is 0 Å². The molecule has 2 aliphatic carbocycles. The fourth-order valence-corrected chi connectivity index (χ4v) is 5.52. The maximum absolute atomic E-state index is 10.6. The first-order valence-electron chi connectivity index (χ1n) is 11.4. The topological polar surface area (TPSA) is 20.2 Å². The van der Waals surface area contributed by atoms with Crippen molar-refractivity contribution in [2.45, 2.75) is 123 Å². The number of hydrogen-bond donors (Lipinski definition) is 1. The molecule has 0 bridgehead atoms. The summed E-state index contributed by atoms with van der Waals surface area (Å²) in [5.41, 5.74) is 0. The molecule has 0 saturated heterocycles. The van der Waals surface area contributed by atoms with Crippen LogP contribution in [0.25, 0.3) is 0 Å². The number of aliphatic hydroxyl groups is 1. The molecule has 1 N–H and O–H groups in total. The van der Waals surface area contributed by atoms with Gasteiger partial charge in [0, 0.05) is 0 Å². The summed E-state index contributed by atoms with van der Waals surface area (Å²) < 4.78 is 0. The number of rotatable bonds is 10. The van der Waals surface area contributed by atoms with Gasteiger partial charge in [-0.1, -0.05) is 90.9 Å². The van der Waals surface area contributed by atoms with Crippen LogP contribution in [0.5, 0.6) is 0 Å². The molecule has 2 rings (SSSR count). The summed E-state index contributed by atoms with van der Waals surface area (Å²) in [5, 5.41) is 10.6. The molecule has 24 heavy (non-hydrogen) atoms. The second kappa shape index (κ2) is 11.6. The van der Waals surface area contributed by atoms with E-state index in [-0.39, 0.29) is 6.10 Å². The van der Waals surface area contributed by atoms with Gasteiger partial charge in [-0.05, 0) is 49.4 Å². The van der Waals surface area contributed by atoms with Gasteiger partial charge in [-0.15, -0.1) is 0 Å². The normalized spacial score (nSPS) is 28.6. The third kappa shape index (κ3) is 7.06. The first kappa shape index (κ1) is 20.3. The molecule has 142 valence electrons. The Morgan fingerprint density at radius 1 is 0.792 bits per heavy atom. The SMILES string of the molecule is CCCC(CCC[C@H](O)[C@H]1CC[C@@H](CC)CC1)CC1CCCCC1. The van der Waals surface area contributed by atoms with Crippen molar-refractivity contribution in [1.29, 1.82) is 0 Å². The van der Waals surface area contributed by atoms with Crippen molar-refractivity contribution in [3.8, 4) is 0 Å². The van der Waals surface area contributed by atoms with Gasteiger partial charge in [0.15, 0.2) is 0 Å². The van der Waals surface area contributed by atoms with Crippen LogP contribution in [-0.4, -0.2) is 11.2 Å². The maximum atomic E-state index is 10.6. The first-order chi connectivity index (χ1) is 11.7. The smallest absolute Gasteiger partial charge is 0.0568 e. The number of hydrogen-bond acceptors (Lipinski definition) is 1. The predicted octanol–water partition coefficient (Wildman–Crippen LogP) is 7.12. The van der Waals surface area contributed by atoms with Gasteiger partial charge >= 0.3 is 0 Å². The molecule has 2 atom stereocenters. The van der Waals surface area contributed by atoms with Gasteiger partial charge in [-0.3, -0.25) is 0 Å². The van der Waals surface area contributed by atoms with Gasteiger partial charge in [0.2, 0.25) is 0 Å². The van der Waals surface area contributed by atoms with Gasteiger partial charge in [0.25, 0.3) is 0 Å². The van der Waals surface area contributed by atoms with E-state index in [1.807, 2.05) is 0 Å². The molecule has 0 aromatic heterocycles. The van der Waals surface area contributed by atoms with E-state index >= 15 is 0 Å². The van der Waals surface area contributed by atoms with Gasteiger partial charge in [0.1, 0.15) is 0 Å². The third-order valence-electron chi connectivity index (χ3n) is 7.21. The van der Waals surface area contributed by atoms with E-state index < -0.39 is 0 Å². The van der Waals surface area contributed by atoms with E-state index in [1.165, 1.54) is 96.3 Å². The summed E-state index contributed by atoms with van der Waals surface area (Å²) in [5.74, 6) is 3.50. The van der Waals surface area contributed by atoms with Crippen molar-refractivity contribution in [3.05, 3.63) is 0 Å². The van der Waals surface area contributed by atoms with Crippen molar-refractivity contribution in [1.82, 2.24) is 0 Å². The molecule has 1 heteroatoms. The highest BCUT2D eigenvalue weighted by molar-refractivity contribution is 4.78. The molecule has 2 fully saturated rings. The lowest BCUT2D eigenvalue weighted by Gasteiger charge is -2.31. The second-order valence-corrected chi connectivity index (χ2v) is 9.08. The predicted molar refractivity (Wildman–Crippen MR) is 105 cm³/mol. The second-order valence-electron chi connectivity index (χ2n) is 9.08. The van der Waals surface area contributed by atoms with E-state index in [0.717, 1.165) is 24.2 Å². The zero-order valence-corrected chi connectivity index (χ0v) is 16.6. The van der Waals surface area contributed by atoms with E-state index in [1.54, 1.807) is 0 Å². The monoisotopic (exact) mass is 336 g/mol. The average molecular weight is 337 g/mol. The lowest BCUT2D eigenvalue weighted by molar-refractivity contribution is 0.0628. The summed E-state index contributed by atoms with van der Waals surface area (Å²) >= 11 is 0. The Balaban J connectivity index is 1.64. The van der Waals surface area contributed by atoms with Gasteiger partial charge in [0.05, 0.1) is 6.10 Å². The molecule has 0 radical (unpaired) electrons. The van der Waals surface area contributed by atoms with Crippen LogP contribution in [0, 0.1) is 23.7 Å². The van der Waals surface area contributed by atoms with Crippen molar-refractivity contribution < 1.29 is 5.11 Å². The minimum Gasteiger partial charge on any atom is -0.393 e. The van der Waals surface area contributed by atoms with Crippen molar-refractivity contribution in [3.63, 3.8) is 0 Å². The Morgan fingerprint density at radius 3 is 2.12 bits per heavy atom. The fourth-order valence-electron chi connectivity index (χ4n) is 5.52. The van der Waals surface area contributed by atoms with Crippen LogP contribution in [0.3, 0.4) is 0 Å². The van der Waals surface area contributed by atoms with Crippen molar-refractivity contribution in [2.24, 2.45) is 23.7 Å². The highest BCUT2D eigenvalue weighted by Crippen LogP contribution is 2.35. The minimum atomic E-state index is -0.0141. The molecular formula is C23H44O. The summed E-state index contributed by atoms with van der Waals surface area (Å²) in [6, 6.07) is 0. The van der Waals surface area contributed by atoms with Crippen LogP contribution < -0.4 is 0 Å². The van der Waals surface area contributed by atoms with E-state index in [4.69, 9.17) is 0 Å². The average Bonchev–Trinajstić information content (AvgIpc) is 2.62. The Bertz CT molecular complexity index is 299. The Hall–Kier alpha value is -0.0400. The van der Waals surface area contributed by atoms with E-state index in [2.05, 4.69) is 13.8 Å². The molecule has 2 aliphatic rings. The molecule has 0 aromatic rings. The largest absolute Gasteiger partial charge is 0.393 e. The van der Waals surface area contributed by atoms with E-state index in [9.17, 15) is 5.11 Å². The molecule has 0 amide bonds. The quantitative estimate of drug-likeness (QED) is 0.450. The van der Waals surface area contributed by atoms with Crippen molar-refractivity contribution in [2.75, 3.05) is 0 Å². The minimum absolute atomic E-state index is 0.0141. The van der Waals surface area contributed by atoms with E-state index in [0.29, 0.717) is 5.92 Å². The lowest BCUT2D eigenvalue weighted by Crippen LogP contribution is -2.25. The Morgan fingerprint density at radius 2 is 1.50 bits per heavy atom. The third-order valence-corrected chi connectivity index (χ3v) is 7.21. The van der Waals surface area contributed by atoms with Crippen LogP contribution in [0.2, 0.25) is 0 Å². The van der Waals surface area contributed by atoms with Gasteiger partial charge < -0.3 is 5.11 Å². The Kier molecular flexibility index (Phi) is 9.76. The van der Waals surface area contributed by atoms with Crippen LogP contribution in [0.1, 0.15) is 117 Å². The summed E-state index contributed by atoms with van der Waals surface area (Å²) in [6.07, 6.45) is 21.9.